The van der Waals surface area contributed by atoms with Crippen molar-refractivity contribution in [2.75, 3.05) is 0 Å². The van der Waals surface area contributed by atoms with Crippen LogP contribution in [0.15, 0.2) is 12.2 Å². The summed E-state index contributed by atoms with van der Waals surface area (Å²) in [6.45, 7) is 2.26. The Morgan fingerprint density at radius 3 is 1.55 bits per heavy atom. The highest BCUT2D eigenvalue weighted by atomic mass is 16.4. The van der Waals surface area contributed by atoms with Crippen LogP contribution in [0.25, 0.3) is 0 Å². The zero-order valence-corrected chi connectivity index (χ0v) is 13.4. The van der Waals surface area contributed by atoms with Crippen molar-refractivity contribution in [2.45, 2.75) is 96.8 Å². The van der Waals surface area contributed by atoms with Crippen molar-refractivity contribution in [3.8, 4) is 0 Å². The smallest absolute Gasteiger partial charge is 0.0639 e. The minimum atomic E-state index is -1.08. The molecule has 0 heterocycles. The monoisotopic (exact) mass is 281 g/mol. The van der Waals surface area contributed by atoms with Gasteiger partial charge in [0.15, 0.2) is 0 Å². The first-order chi connectivity index (χ1) is 9.77. The Labute approximate surface area is 125 Å². The van der Waals surface area contributed by atoms with Crippen LogP contribution in [0.3, 0.4) is 0 Å². The van der Waals surface area contributed by atoms with Crippen molar-refractivity contribution < 1.29 is 9.90 Å². The summed E-state index contributed by atoms with van der Waals surface area (Å²) in [5.74, 6) is -1.08. The highest BCUT2D eigenvalue weighted by Gasteiger charge is 1.93. The Hall–Kier alpha value is -0.790. The largest absolute Gasteiger partial charge is 0.545 e. The molecule has 20 heavy (non-hydrogen) atoms. The Morgan fingerprint density at radius 2 is 1.15 bits per heavy atom. The molecule has 0 aliphatic carbocycles. The maximum atomic E-state index is 10.1. The topological polar surface area (TPSA) is 40.1 Å². The fourth-order valence-electron chi connectivity index (χ4n) is 2.46. The van der Waals surface area contributed by atoms with E-state index in [0.29, 0.717) is 0 Å². The summed E-state index contributed by atoms with van der Waals surface area (Å²) in [5, 5.41) is 10.1. The number of aliphatic carboxylic acids is 1. The van der Waals surface area contributed by atoms with E-state index in [1.807, 2.05) is 0 Å². The van der Waals surface area contributed by atoms with Crippen LogP contribution in [0, 0.1) is 0 Å². The number of unbranched alkanes of at least 4 members (excludes halogenated alkanes) is 13. The van der Waals surface area contributed by atoms with Gasteiger partial charge in [-0.05, 0) is 18.9 Å². The summed E-state index contributed by atoms with van der Waals surface area (Å²) in [4.78, 5) is 10.1. The number of hydrogen-bond donors (Lipinski definition) is 0. The van der Waals surface area contributed by atoms with Gasteiger partial charge in [0.2, 0.25) is 0 Å². The maximum absolute atomic E-state index is 10.1. The summed E-state index contributed by atoms with van der Waals surface area (Å²) in [7, 11) is 0. The lowest BCUT2D eigenvalue weighted by atomic mass is 10.0. The molecule has 0 rings (SSSR count). The molecular weight excluding hydrogens is 248 g/mol. The zero-order valence-electron chi connectivity index (χ0n) is 13.4. The van der Waals surface area contributed by atoms with Gasteiger partial charge in [-0.25, -0.2) is 0 Å². The second kappa shape index (κ2) is 16.3. The lowest BCUT2D eigenvalue weighted by molar-refractivity contribution is -0.297. The van der Waals surface area contributed by atoms with E-state index in [4.69, 9.17) is 0 Å². The molecule has 0 aromatic carbocycles. The van der Waals surface area contributed by atoms with E-state index in [1.165, 1.54) is 77.0 Å². The third kappa shape index (κ3) is 17.2. The Bertz CT molecular complexity index is 234. The Kier molecular flexibility index (Phi) is 15.6. The molecule has 0 aromatic rings. The lowest BCUT2D eigenvalue weighted by Crippen LogP contribution is -2.18. The standard InChI is InChI=1S/C18H34O2/c1-2-3-4-5-6-7-8-9-10-11-12-13-14-15-16-17-18(19)20/h16-17H,2-15H2,1H3,(H,19,20)/p-1/b17-16+. The first kappa shape index (κ1) is 19.2. The van der Waals surface area contributed by atoms with E-state index >= 15 is 0 Å². The molecule has 0 bridgehead atoms. The number of allylic oxidation sites excluding steroid dienone is 1. The molecule has 0 unspecified atom stereocenters. The predicted molar refractivity (Wildman–Crippen MR) is 84.5 cm³/mol. The number of carboxylic acid groups (broad SMARTS) is 1. The first-order valence-electron chi connectivity index (χ1n) is 8.65. The van der Waals surface area contributed by atoms with Crippen molar-refractivity contribution in [3.05, 3.63) is 12.2 Å². The average Bonchev–Trinajstić information content (AvgIpc) is 2.43. The molecule has 0 aliphatic rings. The van der Waals surface area contributed by atoms with Gasteiger partial charge in [0.1, 0.15) is 0 Å². The molecule has 0 N–H and O–H groups in total. The number of carbonyl (C=O) groups excluding carboxylic acids is 1. The molecule has 2 nitrogen and oxygen atoms in total. The first-order valence-corrected chi connectivity index (χ1v) is 8.65. The van der Waals surface area contributed by atoms with Crippen molar-refractivity contribution in [1.29, 1.82) is 0 Å². The van der Waals surface area contributed by atoms with Crippen LogP contribution in [-0.2, 0) is 4.79 Å². The average molecular weight is 281 g/mol. The van der Waals surface area contributed by atoms with Crippen LogP contribution in [0.4, 0.5) is 0 Å². The van der Waals surface area contributed by atoms with Gasteiger partial charge in [-0.1, -0.05) is 90.0 Å². The summed E-state index contributed by atoms with van der Waals surface area (Å²) in [5.41, 5.74) is 0. The lowest BCUT2D eigenvalue weighted by Gasteiger charge is -2.02. The highest BCUT2D eigenvalue weighted by Crippen LogP contribution is 2.12. The second-order valence-electron chi connectivity index (χ2n) is 5.75. The molecule has 118 valence electrons. The van der Waals surface area contributed by atoms with Crippen LogP contribution in [0.5, 0.6) is 0 Å². The molecule has 0 atom stereocenters. The van der Waals surface area contributed by atoms with Crippen molar-refractivity contribution >= 4 is 5.97 Å². The molecule has 0 fully saturated rings. The van der Waals surface area contributed by atoms with Gasteiger partial charge in [0, 0.05) is 0 Å². The summed E-state index contributed by atoms with van der Waals surface area (Å²) >= 11 is 0. The van der Waals surface area contributed by atoms with Crippen molar-refractivity contribution in [3.63, 3.8) is 0 Å². The van der Waals surface area contributed by atoms with Gasteiger partial charge < -0.3 is 9.90 Å². The third-order valence-electron chi connectivity index (χ3n) is 3.73. The van der Waals surface area contributed by atoms with Gasteiger partial charge in [-0.2, -0.15) is 0 Å². The minimum absolute atomic E-state index is 0.867. The molecule has 0 amide bonds. The second-order valence-corrected chi connectivity index (χ2v) is 5.75. The van der Waals surface area contributed by atoms with Gasteiger partial charge in [0.05, 0.1) is 5.97 Å². The number of hydrogen-bond acceptors (Lipinski definition) is 2. The summed E-state index contributed by atoms with van der Waals surface area (Å²) in [6.07, 6.45) is 21.2. The summed E-state index contributed by atoms with van der Waals surface area (Å²) in [6, 6.07) is 0. The van der Waals surface area contributed by atoms with Crippen molar-refractivity contribution in [2.24, 2.45) is 0 Å². The van der Waals surface area contributed by atoms with Crippen LogP contribution in [0.2, 0.25) is 0 Å². The molecule has 0 saturated heterocycles. The minimum Gasteiger partial charge on any atom is -0.545 e. The molecule has 2 heteroatoms. The third-order valence-corrected chi connectivity index (χ3v) is 3.73. The van der Waals surface area contributed by atoms with Crippen LogP contribution in [0.1, 0.15) is 96.8 Å². The van der Waals surface area contributed by atoms with E-state index in [9.17, 15) is 9.90 Å². The van der Waals surface area contributed by atoms with Crippen LogP contribution >= 0.6 is 0 Å². The molecule has 0 aromatic heterocycles. The molecular formula is C18H33O2-. The maximum Gasteiger partial charge on any atom is 0.0639 e. The van der Waals surface area contributed by atoms with Crippen LogP contribution in [-0.4, -0.2) is 5.97 Å². The quantitative estimate of drug-likeness (QED) is 0.320. The van der Waals surface area contributed by atoms with Crippen molar-refractivity contribution in [1.82, 2.24) is 0 Å². The van der Waals surface area contributed by atoms with E-state index in [-0.39, 0.29) is 0 Å². The Balaban J connectivity index is 3.01. The van der Waals surface area contributed by atoms with E-state index in [1.54, 1.807) is 6.08 Å². The SMILES string of the molecule is CCCCCCCCCCCCCCC/C=C/C(=O)[O-]. The molecule has 0 saturated carbocycles. The highest BCUT2D eigenvalue weighted by molar-refractivity contribution is 5.77. The molecule has 0 aliphatic heterocycles. The van der Waals surface area contributed by atoms with Gasteiger partial charge >= 0.3 is 0 Å². The van der Waals surface area contributed by atoms with E-state index in [0.717, 1.165) is 18.9 Å². The van der Waals surface area contributed by atoms with Crippen LogP contribution < -0.4 is 5.11 Å². The Morgan fingerprint density at radius 1 is 0.750 bits per heavy atom. The number of carbonyl (C=O) groups is 1. The number of carboxylic acids is 1. The van der Waals surface area contributed by atoms with Gasteiger partial charge in [0.25, 0.3) is 0 Å². The number of rotatable bonds is 15. The van der Waals surface area contributed by atoms with Gasteiger partial charge in [-0.15, -0.1) is 0 Å². The zero-order chi connectivity index (χ0) is 14.9. The fraction of sp³-hybridized carbons (Fsp3) is 0.833. The fourth-order valence-corrected chi connectivity index (χ4v) is 2.46. The van der Waals surface area contributed by atoms with E-state index < -0.39 is 5.97 Å². The normalized spacial score (nSPS) is 11.2. The molecule has 0 radical (unpaired) electrons. The summed E-state index contributed by atoms with van der Waals surface area (Å²) < 4.78 is 0. The van der Waals surface area contributed by atoms with Gasteiger partial charge in [-0.3, -0.25) is 0 Å². The van der Waals surface area contributed by atoms with E-state index in [2.05, 4.69) is 6.92 Å². The predicted octanol–water partition coefficient (Wildman–Crippen LogP) is 4.77. The molecule has 0 spiro atoms.